The Morgan fingerprint density at radius 1 is 1.09 bits per heavy atom. The van der Waals surface area contributed by atoms with E-state index in [1.807, 2.05) is 48.9 Å². The SMILES string of the molecule is Cc1nn(-c2ccccc2)c(C)c1CN(C)C(=O)C1CCN(S(=O)(=O)c2c(C)noc2C)CC1. The third kappa shape index (κ3) is 4.39. The molecule has 0 unspecified atom stereocenters. The molecule has 182 valence electrons. The predicted molar refractivity (Wildman–Crippen MR) is 127 cm³/mol. The Kier molecular flexibility index (Phi) is 6.64. The number of para-hydroxylation sites is 1. The van der Waals surface area contributed by atoms with Crippen molar-refractivity contribution in [1.29, 1.82) is 0 Å². The molecule has 0 N–H and O–H groups in total. The van der Waals surface area contributed by atoms with Crippen molar-refractivity contribution in [3.63, 3.8) is 0 Å². The molecule has 3 aromatic rings. The maximum absolute atomic E-state index is 13.2. The number of amides is 1. The normalized spacial score (nSPS) is 15.6. The number of piperidine rings is 1. The molecule has 1 aliphatic rings. The van der Waals surface area contributed by atoms with Crippen LogP contribution in [-0.4, -0.2) is 58.6 Å². The summed E-state index contributed by atoms with van der Waals surface area (Å²) in [7, 11) is -1.89. The van der Waals surface area contributed by atoms with Gasteiger partial charge in [0.1, 0.15) is 10.6 Å². The number of hydrogen-bond donors (Lipinski definition) is 0. The topological polar surface area (TPSA) is 102 Å². The number of rotatable bonds is 6. The Hall–Kier alpha value is -2.98. The van der Waals surface area contributed by atoms with Gasteiger partial charge in [-0.3, -0.25) is 4.79 Å². The van der Waals surface area contributed by atoms with Crippen LogP contribution in [0.15, 0.2) is 39.8 Å². The molecule has 1 saturated heterocycles. The molecule has 0 bridgehead atoms. The standard InChI is InChI=1S/C24H31N5O4S/c1-16-22(18(3)29(25-16)21-9-7-6-8-10-21)15-27(5)24(30)20-11-13-28(14-12-20)34(31,32)23-17(2)26-33-19(23)4/h6-10,20H,11-15H2,1-5H3. The van der Waals surface area contributed by atoms with E-state index in [2.05, 4.69) is 10.3 Å². The smallest absolute Gasteiger partial charge is 0.248 e. The minimum absolute atomic E-state index is 0.0284. The Labute approximate surface area is 200 Å². The van der Waals surface area contributed by atoms with E-state index in [0.717, 1.165) is 22.6 Å². The summed E-state index contributed by atoms with van der Waals surface area (Å²) in [6.07, 6.45) is 0.958. The Morgan fingerprint density at radius 2 is 1.74 bits per heavy atom. The number of carbonyl (C=O) groups excluding carboxylic acids is 1. The second-order valence-corrected chi connectivity index (χ2v) is 10.8. The first-order valence-electron chi connectivity index (χ1n) is 11.4. The Bertz CT molecular complexity index is 1270. The van der Waals surface area contributed by atoms with Gasteiger partial charge in [-0.05, 0) is 52.7 Å². The van der Waals surface area contributed by atoms with Gasteiger partial charge in [-0.25, -0.2) is 13.1 Å². The molecule has 0 aliphatic carbocycles. The summed E-state index contributed by atoms with van der Waals surface area (Å²) in [5, 5.41) is 8.44. The molecule has 4 rings (SSSR count). The van der Waals surface area contributed by atoms with Gasteiger partial charge in [0.25, 0.3) is 0 Å². The van der Waals surface area contributed by atoms with Gasteiger partial charge in [0.05, 0.1) is 11.4 Å². The first-order valence-corrected chi connectivity index (χ1v) is 12.8. The summed E-state index contributed by atoms with van der Waals surface area (Å²) in [6, 6.07) is 9.91. The lowest BCUT2D eigenvalue weighted by molar-refractivity contribution is -0.135. The molecule has 0 radical (unpaired) electrons. The first kappa shape index (κ1) is 24.2. The summed E-state index contributed by atoms with van der Waals surface area (Å²) in [6.45, 7) is 8.24. The lowest BCUT2D eigenvalue weighted by Gasteiger charge is -2.32. The van der Waals surface area contributed by atoms with Crippen LogP contribution in [0, 0.1) is 33.6 Å². The molecule has 1 fully saturated rings. The van der Waals surface area contributed by atoms with Crippen molar-refractivity contribution in [2.75, 3.05) is 20.1 Å². The summed E-state index contributed by atoms with van der Waals surface area (Å²) in [5.74, 6) is 0.101. The predicted octanol–water partition coefficient (Wildman–Crippen LogP) is 3.15. The zero-order valence-corrected chi connectivity index (χ0v) is 21.1. The van der Waals surface area contributed by atoms with Crippen molar-refractivity contribution < 1.29 is 17.7 Å². The largest absolute Gasteiger partial charge is 0.360 e. The van der Waals surface area contributed by atoms with Gasteiger partial charge in [0, 0.05) is 43.9 Å². The van der Waals surface area contributed by atoms with Gasteiger partial charge in [-0.2, -0.15) is 9.40 Å². The van der Waals surface area contributed by atoms with Crippen molar-refractivity contribution in [3.05, 3.63) is 58.7 Å². The fourth-order valence-corrected chi connectivity index (χ4v) is 6.43. The van der Waals surface area contributed by atoms with Crippen LogP contribution in [0.4, 0.5) is 0 Å². The van der Waals surface area contributed by atoms with Gasteiger partial charge in [0.2, 0.25) is 15.9 Å². The molecule has 0 atom stereocenters. The highest BCUT2D eigenvalue weighted by Gasteiger charge is 2.36. The maximum Gasteiger partial charge on any atom is 0.248 e. The van der Waals surface area contributed by atoms with E-state index < -0.39 is 10.0 Å². The molecule has 9 nitrogen and oxygen atoms in total. The number of hydrogen-bond acceptors (Lipinski definition) is 6. The molecule has 2 aromatic heterocycles. The number of aromatic nitrogens is 3. The third-order valence-electron chi connectivity index (χ3n) is 6.58. The van der Waals surface area contributed by atoms with Crippen LogP contribution in [0.5, 0.6) is 0 Å². The van der Waals surface area contributed by atoms with Crippen LogP contribution < -0.4 is 0 Å². The Morgan fingerprint density at radius 3 is 2.32 bits per heavy atom. The Balaban J connectivity index is 1.42. The van der Waals surface area contributed by atoms with E-state index in [4.69, 9.17) is 4.52 Å². The quantitative estimate of drug-likeness (QED) is 0.532. The van der Waals surface area contributed by atoms with Crippen molar-refractivity contribution in [3.8, 4) is 5.69 Å². The maximum atomic E-state index is 13.2. The second kappa shape index (κ2) is 9.34. The van der Waals surface area contributed by atoms with Crippen molar-refractivity contribution in [2.45, 2.75) is 52.0 Å². The highest BCUT2D eigenvalue weighted by molar-refractivity contribution is 7.89. The third-order valence-corrected chi connectivity index (χ3v) is 8.73. The first-order chi connectivity index (χ1) is 16.1. The fraction of sp³-hybridized carbons (Fsp3) is 0.458. The van der Waals surface area contributed by atoms with Gasteiger partial charge >= 0.3 is 0 Å². The van der Waals surface area contributed by atoms with Crippen molar-refractivity contribution >= 4 is 15.9 Å². The molecule has 1 aromatic carbocycles. The van der Waals surface area contributed by atoms with Crippen LogP contribution >= 0.6 is 0 Å². The summed E-state index contributed by atoms with van der Waals surface area (Å²) >= 11 is 0. The minimum atomic E-state index is -3.69. The summed E-state index contributed by atoms with van der Waals surface area (Å²) < 4.78 is 34.5. The summed E-state index contributed by atoms with van der Waals surface area (Å²) in [4.78, 5) is 15.1. The molecule has 1 aliphatic heterocycles. The summed E-state index contributed by atoms with van der Waals surface area (Å²) in [5.41, 5.74) is 4.26. The van der Waals surface area contributed by atoms with Crippen LogP contribution in [0.25, 0.3) is 5.69 Å². The monoisotopic (exact) mass is 485 g/mol. The number of sulfonamides is 1. The molecular formula is C24H31N5O4S. The average molecular weight is 486 g/mol. The fourth-order valence-electron chi connectivity index (χ4n) is 4.67. The molecule has 10 heteroatoms. The molecular weight excluding hydrogens is 454 g/mol. The zero-order chi connectivity index (χ0) is 24.6. The van der Waals surface area contributed by atoms with Crippen LogP contribution in [-0.2, 0) is 21.4 Å². The van der Waals surface area contributed by atoms with Crippen molar-refractivity contribution in [1.82, 2.24) is 24.1 Å². The van der Waals surface area contributed by atoms with Crippen LogP contribution in [0.3, 0.4) is 0 Å². The van der Waals surface area contributed by atoms with Gasteiger partial charge in [-0.15, -0.1) is 0 Å². The lowest BCUT2D eigenvalue weighted by atomic mass is 9.96. The molecule has 3 heterocycles. The van der Waals surface area contributed by atoms with E-state index in [0.29, 0.717) is 38.2 Å². The van der Waals surface area contributed by atoms with Crippen molar-refractivity contribution in [2.24, 2.45) is 5.92 Å². The van der Waals surface area contributed by atoms with Gasteiger partial charge in [-0.1, -0.05) is 23.4 Å². The number of aryl methyl sites for hydroxylation is 3. The van der Waals surface area contributed by atoms with E-state index in [1.165, 1.54) is 4.31 Å². The van der Waals surface area contributed by atoms with E-state index in [1.54, 1.807) is 25.8 Å². The lowest BCUT2D eigenvalue weighted by Crippen LogP contribution is -2.43. The molecule has 0 spiro atoms. The number of carbonyl (C=O) groups is 1. The van der Waals surface area contributed by atoms with Crippen LogP contribution in [0.2, 0.25) is 0 Å². The highest BCUT2D eigenvalue weighted by atomic mass is 32.2. The second-order valence-electron chi connectivity index (χ2n) is 8.92. The molecule has 1 amide bonds. The van der Waals surface area contributed by atoms with E-state index in [9.17, 15) is 13.2 Å². The molecule has 0 saturated carbocycles. The number of benzene rings is 1. The van der Waals surface area contributed by atoms with Crippen LogP contribution in [0.1, 0.15) is 41.2 Å². The number of nitrogens with zero attached hydrogens (tertiary/aromatic N) is 5. The average Bonchev–Trinajstić information content (AvgIpc) is 3.32. The highest BCUT2D eigenvalue weighted by Crippen LogP contribution is 2.29. The molecule has 34 heavy (non-hydrogen) atoms. The van der Waals surface area contributed by atoms with E-state index in [-0.39, 0.29) is 22.5 Å². The minimum Gasteiger partial charge on any atom is -0.360 e. The van der Waals surface area contributed by atoms with E-state index >= 15 is 0 Å². The van der Waals surface area contributed by atoms with Gasteiger partial charge in [0.15, 0.2) is 5.76 Å². The van der Waals surface area contributed by atoms with Gasteiger partial charge < -0.3 is 9.42 Å². The zero-order valence-electron chi connectivity index (χ0n) is 20.3.